The molecule has 0 aromatic carbocycles. The normalized spacial score (nSPS) is 12.4. The van der Waals surface area contributed by atoms with Crippen molar-refractivity contribution in [2.45, 2.75) is 13.3 Å². The third-order valence-corrected chi connectivity index (χ3v) is 0.765. The number of halogens is 1. The van der Waals surface area contributed by atoms with E-state index in [1.54, 1.807) is 6.08 Å². The summed E-state index contributed by atoms with van der Waals surface area (Å²) in [7, 11) is 0. The van der Waals surface area contributed by atoms with Crippen molar-refractivity contribution in [3.8, 4) is 0 Å². The van der Waals surface area contributed by atoms with E-state index < -0.39 is 5.83 Å². The Hall–Kier alpha value is -0.920. The zero-order valence-electron chi connectivity index (χ0n) is 5.39. The third-order valence-electron chi connectivity index (χ3n) is 0.765. The summed E-state index contributed by atoms with van der Waals surface area (Å²) in [4.78, 5) is 0. The summed E-state index contributed by atoms with van der Waals surface area (Å²) in [6, 6.07) is 0. The molecule has 0 heterocycles. The molecular formula is C7H10FN. The second kappa shape index (κ2) is 5.22. The summed E-state index contributed by atoms with van der Waals surface area (Å²) in [6.45, 7) is 1.96. The Bertz CT molecular complexity index is 136. The van der Waals surface area contributed by atoms with Crippen LogP contribution in [0.15, 0.2) is 24.1 Å². The molecule has 50 valence electrons. The van der Waals surface area contributed by atoms with Crippen LogP contribution in [0.3, 0.4) is 0 Å². The van der Waals surface area contributed by atoms with Crippen molar-refractivity contribution in [2.75, 3.05) is 0 Å². The predicted molar refractivity (Wildman–Crippen MR) is 37.4 cm³/mol. The van der Waals surface area contributed by atoms with E-state index in [0.29, 0.717) is 6.21 Å². The van der Waals surface area contributed by atoms with Gasteiger partial charge < -0.3 is 5.41 Å². The number of rotatable bonds is 3. The Morgan fingerprint density at radius 2 is 2.33 bits per heavy atom. The summed E-state index contributed by atoms with van der Waals surface area (Å²) in [5.41, 5.74) is 0. The van der Waals surface area contributed by atoms with Crippen molar-refractivity contribution >= 4 is 6.21 Å². The standard InChI is InChI=1S/C7H10FN/c1-2-3-4-5-7(8)6-9/h3-6,9H,2H2,1H3/b4-3+,7-5+,9-6?. The lowest BCUT2D eigenvalue weighted by Gasteiger charge is -1.77. The highest BCUT2D eigenvalue weighted by atomic mass is 19.1. The molecule has 0 spiro atoms. The van der Waals surface area contributed by atoms with Crippen LogP contribution in [0.25, 0.3) is 0 Å². The van der Waals surface area contributed by atoms with E-state index in [9.17, 15) is 4.39 Å². The van der Waals surface area contributed by atoms with Crippen molar-refractivity contribution in [3.63, 3.8) is 0 Å². The predicted octanol–water partition coefficient (Wildman–Crippen LogP) is 2.46. The van der Waals surface area contributed by atoms with Gasteiger partial charge in [0.2, 0.25) is 0 Å². The summed E-state index contributed by atoms with van der Waals surface area (Å²) < 4.78 is 12.0. The lowest BCUT2D eigenvalue weighted by molar-refractivity contribution is 0.685. The maximum atomic E-state index is 12.0. The summed E-state index contributed by atoms with van der Waals surface area (Å²) >= 11 is 0. The van der Waals surface area contributed by atoms with Crippen molar-refractivity contribution in [1.29, 1.82) is 5.41 Å². The van der Waals surface area contributed by atoms with Gasteiger partial charge in [-0.2, -0.15) is 0 Å². The van der Waals surface area contributed by atoms with Crippen LogP contribution in [0, 0.1) is 5.41 Å². The first-order valence-corrected chi connectivity index (χ1v) is 2.84. The smallest absolute Gasteiger partial charge is 0.140 e. The Morgan fingerprint density at radius 3 is 2.78 bits per heavy atom. The molecule has 0 aromatic rings. The van der Waals surface area contributed by atoms with Gasteiger partial charge in [0.05, 0.1) is 6.21 Å². The van der Waals surface area contributed by atoms with Crippen LogP contribution in [0.2, 0.25) is 0 Å². The Morgan fingerprint density at radius 1 is 1.67 bits per heavy atom. The van der Waals surface area contributed by atoms with Crippen LogP contribution in [0.4, 0.5) is 4.39 Å². The van der Waals surface area contributed by atoms with Crippen LogP contribution < -0.4 is 0 Å². The first-order valence-electron chi connectivity index (χ1n) is 2.84. The zero-order valence-corrected chi connectivity index (χ0v) is 5.39. The first kappa shape index (κ1) is 8.08. The molecule has 0 rings (SSSR count). The highest BCUT2D eigenvalue weighted by Gasteiger charge is 1.78. The van der Waals surface area contributed by atoms with Gasteiger partial charge in [-0.05, 0) is 12.5 Å². The van der Waals surface area contributed by atoms with Gasteiger partial charge in [0.15, 0.2) is 0 Å². The van der Waals surface area contributed by atoms with Crippen LogP contribution in [-0.4, -0.2) is 6.21 Å². The summed E-state index contributed by atoms with van der Waals surface area (Å²) in [6.07, 6.45) is 6.25. The molecule has 2 heteroatoms. The molecule has 0 radical (unpaired) electrons. The van der Waals surface area contributed by atoms with Crippen LogP contribution in [0.1, 0.15) is 13.3 Å². The third kappa shape index (κ3) is 4.94. The van der Waals surface area contributed by atoms with Gasteiger partial charge in [-0.15, -0.1) is 0 Å². The zero-order chi connectivity index (χ0) is 7.11. The van der Waals surface area contributed by atoms with Gasteiger partial charge in [0.1, 0.15) is 5.83 Å². The minimum atomic E-state index is -0.514. The fraction of sp³-hybridized carbons (Fsp3) is 0.286. The van der Waals surface area contributed by atoms with Crippen LogP contribution >= 0.6 is 0 Å². The molecule has 0 atom stereocenters. The summed E-state index contributed by atoms with van der Waals surface area (Å²) in [5, 5.41) is 6.44. The van der Waals surface area contributed by atoms with Gasteiger partial charge in [-0.25, -0.2) is 4.39 Å². The second-order valence-electron chi connectivity index (χ2n) is 1.53. The van der Waals surface area contributed by atoms with E-state index in [4.69, 9.17) is 5.41 Å². The molecule has 9 heavy (non-hydrogen) atoms. The minimum Gasteiger partial charge on any atom is -0.306 e. The van der Waals surface area contributed by atoms with E-state index in [1.165, 1.54) is 6.08 Å². The highest BCUT2D eigenvalue weighted by Crippen LogP contribution is 1.91. The van der Waals surface area contributed by atoms with Crippen LogP contribution in [0.5, 0.6) is 0 Å². The molecule has 0 bridgehead atoms. The molecule has 0 amide bonds. The van der Waals surface area contributed by atoms with Gasteiger partial charge in [0, 0.05) is 0 Å². The van der Waals surface area contributed by atoms with Crippen molar-refractivity contribution < 1.29 is 4.39 Å². The second-order valence-corrected chi connectivity index (χ2v) is 1.53. The monoisotopic (exact) mass is 127 g/mol. The average molecular weight is 127 g/mol. The maximum Gasteiger partial charge on any atom is 0.140 e. The number of hydrogen-bond acceptors (Lipinski definition) is 1. The summed E-state index contributed by atoms with van der Waals surface area (Å²) in [5.74, 6) is -0.514. The van der Waals surface area contributed by atoms with Crippen LogP contribution in [-0.2, 0) is 0 Å². The average Bonchev–Trinajstić information content (AvgIpc) is 1.89. The number of nitrogens with one attached hydrogen (secondary N) is 1. The molecule has 0 aliphatic rings. The molecule has 0 aromatic heterocycles. The van der Waals surface area contributed by atoms with Gasteiger partial charge in [-0.1, -0.05) is 19.1 Å². The van der Waals surface area contributed by atoms with E-state index in [-0.39, 0.29) is 0 Å². The molecule has 0 aliphatic heterocycles. The van der Waals surface area contributed by atoms with E-state index in [0.717, 1.165) is 6.42 Å². The lowest BCUT2D eigenvalue weighted by atomic mass is 10.4. The van der Waals surface area contributed by atoms with E-state index in [1.807, 2.05) is 13.0 Å². The van der Waals surface area contributed by atoms with Crippen molar-refractivity contribution in [2.24, 2.45) is 0 Å². The van der Waals surface area contributed by atoms with Gasteiger partial charge >= 0.3 is 0 Å². The molecular weight excluding hydrogens is 117 g/mol. The molecule has 0 aliphatic carbocycles. The Kier molecular flexibility index (Phi) is 4.69. The number of hydrogen-bond donors (Lipinski definition) is 1. The van der Waals surface area contributed by atoms with Gasteiger partial charge in [-0.3, -0.25) is 0 Å². The molecule has 1 nitrogen and oxygen atoms in total. The quantitative estimate of drug-likeness (QED) is 0.444. The largest absolute Gasteiger partial charge is 0.306 e. The fourth-order valence-electron chi connectivity index (χ4n) is 0.344. The molecule has 0 unspecified atom stereocenters. The molecule has 1 N–H and O–H groups in total. The van der Waals surface area contributed by atoms with Crippen molar-refractivity contribution in [3.05, 3.63) is 24.1 Å². The Balaban J connectivity index is 3.68. The number of allylic oxidation sites excluding steroid dienone is 4. The van der Waals surface area contributed by atoms with Crippen molar-refractivity contribution in [1.82, 2.24) is 0 Å². The Labute approximate surface area is 54.4 Å². The maximum absolute atomic E-state index is 12.0. The molecule has 0 saturated carbocycles. The topological polar surface area (TPSA) is 23.9 Å². The van der Waals surface area contributed by atoms with Gasteiger partial charge in [0.25, 0.3) is 0 Å². The minimum absolute atomic E-state index is 0.514. The SMILES string of the molecule is CC/C=C/C=C(/F)C=N. The van der Waals surface area contributed by atoms with E-state index in [2.05, 4.69) is 0 Å². The van der Waals surface area contributed by atoms with E-state index >= 15 is 0 Å². The fourth-order valence-corrected chi connectivity index (χ4v) is 0.344. The highest BCUT2D eigenvalue weighted by molar-refractivity contribution is 5.72. The molecule has 0 fully saturated rings. The lowest BCUT2D eigenvalue weighted by Crippen LogP contribution is -1.68. The molecule has 0 saturated heterocycles. The first-order chi connectivity index (χ1) is 4.31.